The number of nitrogens with two attached hydrogens (primary N) is 1. The van der Waals surface area contributed by atoms with Crippen molar-refractivity contribution in [3.8, 4) is 11.1 Å². The van der Waals surface area contributed by atoms with Gasteiger partial charge in [-0.2, -0.15) is 0 Å². The number of anilines is 1. The summed E-state index contributed by atoms with van der Waals surface area (Å²) in [6.07, 6.45) is 0. The zero-order chi connectivity index (χ0) is 10.8. The normalized spacial score (nSPS) is 10.3. The molecule has 1 nitrogen and oxygen atoms in total. The minimum Gasteiger partial charge on any atom is -0.398 e. The van der Waals surface area contributed by atoms with Crippen LogP contribution in [0.3, 0.4) is 0 Å². The summed E-state index contributed by atoms with van der Waals surface area (Å²) in [5, 5.41) is 0. The van der Waals surface area contributed by atoms with Gasteiger partial charge in [0.15, 0.2) is 0 Å². The van der Waals surface area contributed by atoms with E-state index in [-0.39, 0.29) is 5.82 Å². The quantitative estimate of drug-likeness (QED) is 0.703. The fourth-order valence-electron chi connectivity index (χ4n) is 1.61. The van der Waals surface area contributed by atoms with Crippen molar-refractivity contribution in [3.05, 3.63) is 53.8 Å². The Bertz CT molecular complexity index is 492. The molecule has 0 fully saturated rings. The molecule has 2 aromatic carbocycles. The number of hydrogen-bond acceptors (Lipinski definition) is 1. The van der Waals surface area contributed by atoms with Gasteiger partial charge < -0.3 is 5.73 Å². The van der Waals surface area contributed by atoms with Crippen LogP contribution in [0.4, 0.5) is 10.1 Å². The van der Waals surface area contributed by atoms with Gasteiger partial charge in [-0.15, -0.1) is 0 Å². The van der Waals surface area contributed by atoms with Crippen LogP contribution in [0.15, 0.2) is 42.5 Å². The lowest BCUT2D eigenvalue weighted by Gasteiger charge is -2.06. The molecule has 76 valence electrons. The van der Waals surface area contributed by atoms with E-state index in [0.717, 1.165) is 16.7 Å². The predicted octanol–water partition coefficient (Wildman–Crippen LogP) is 3.38. The molecule has 0 saturated carbocycles. The van der Waals surface area contributed by atoms with Gasteiger partial charge in [0.1, 0.15) is 5.82 Å². The Morgan fingerprint density at radius 3 is 2.53 bits per heavy atom. The average molecular weight is 201 g/mol. The highest BCUT2D eigenvalue weighted by Gasteiger charge is 2.03. The lowest BCUT2D eigenvalue weighted by Crippen LogP contribution is -1.91. The fraction of sp³-hybridized carbons (Fsp3) is 0.0769. The van der Waals surface area contributed by atoms with E-state index in [1.165, 1.54) is 12.1 Å². The standard InChI is InChI=1S/C13H12FN/c1-9-3-2-4-10(7-9)12-6-5-11(14)8-13(12)15/h2-8H,15H2,1H3. The van der Waals surface area contributed by atoms with Crippen LogP contribution in [0.5, 0.6) is 0 Å². The van der Waals surface area contributed by atoms with Crippen molar-refractivity contribution in [1.82, 2.24) is 0 Å². The molecule has 0 aromatic heterocycles. The molecule has 0 aliphatic carbocycles. The van der Waals surface area contributed by atoms with Gasteiger partial charge in [-0.05, 0) is 30.7 Å². The maximum Gasteiger partial charge on any atom is 0.125 e. The first-order chi connectivity index (χ1) is 7.16. The summed E-state index contributed by atoms with van der Waals surface area (Å²) in [7, 11) is 0. The van der Waals surface area contributed by atoms with E-state index in [9.17, 15) is 4.39 Å². The molecule has 2 rings (SSSR count). The third-order valence-corrected chi connectivity index (χ3v) is 2.34. The Labute approximate surface area is 88.4 Å². The van der Waals surface area contributed by atoms with Gasteiger partial charge in [0, 0.05) is 11.3 Å². The predicted molar refractivity (Wildman–Crippen MR) is 61.0 cm³/mol. The van der Waals surface area contributed by atoms with Gasteiger partial charge >= 0.3 is 0 Å². The molecule has 2 heteroatoms. The lowest BCUT2D eigenvalue weighted by molar-refractivity contribution is 0.628. The SMILES string of the molecule is Cc1cccc(-c2ccc(F)cc2N)c1. The minimum absolute atomic E-state index is 0.302. The summed E-state index contributed by atoms with van der Waals surface area (Å²) < 4.78 is 12.9. The summed E-state index contributed by atoms with van der Waals surface area (Å²) in [5.41, 5.74) is 9.30. The fourth-order valence-corrected chi connectivity index (χ4v) is 1.61. The van der Waals surface area contributed by atoms with Crippen LogP contribution in [-0.4, -0.2) is 0 Å². The van der Waals surface area contributed by atoms with Crippen molar-refractivity contribution in [2.45, 2.75) is 6.92 Å². The summed E-state index contributed by atoms with van der Waals surface area (Å²) in [5.74, 6) is -0.302. The zero-order valence-electron chi connectivity index (χ0n) is 8.50. The minimum atomic E-state index is -0.302. The van der Waals surface area contributed by atoms with Crippen molar-refractivity contribution in [3.63, 3.8) is 0 Å². The van der Waals surface area contributed by atoms with Crippen molar-refractivity contribution in [1.29, 1.82) is 0 Å². The summed E-state index contributed by atoms with van der Waals surface area (Å²) in [6.45, 7) is 2.02. The highest BCUT2D eigenvalue weighted by Crippen LogP contribution is 2.26. The molecule has 2 aromatic rings. The molecule has 0 amide bonds. The van der Waals surface area contributed by atoms with Crippen LogP contribution >= 0.6 is 0 Å². The lowest BCUT2D eigenvalue weighted by atomic mass is 10.0. The number of halogens is 1. The number of aryl methyl sites for hydroxylation is 1. The van der Waals surface area contributed by atoms with Crippen molar-refractivity contribution in [2.75, 3.05) is 5.73 Å². The Hall–Kier alpha value is -1.83. The van der Waals surface area contributed by atoms with E-state index in [2.05, 4.69) is 0 Å². The smallest absolute Gasteiger partial charge is 0.125 e. The largest absolute Gasteiger partial charge is 0.398 e. The van der Waals surface area contributed by atoms with Crippen molar-refractivity contribution < 1.29 is 4.39 Å². The van der Waals surface area contributed by atoms with Crippen molar-refractivity contribution >= 4 is 5.69 Å². The van der Waals surface area contributed by atoms with E-state index in [1.807, 2.05) is 31.2 Å². The van der Waals surface area contributed by atoms with E-state index < -0.39 is 0 Å². The number of rotatable bonds is 1. The number of nitrogen functional groups attached to an aromatic ring is 1. The summed E-state index contributed by atoms with van der Waals surface area (Å²) >= 11 is 0. The van der Waals surface area contributed by atoms with Gasteiger partial charge in [0.05, 0.1) is 0 Å². The highest BCUT2D eigenvalue weighted by molar-refractivity contribution is 5.76. The molecule has 0 heterocycles. The first kappa shape index (κ1) is 9.71. The molecule has 2 N–H and O–H groups in total. The molecule has 0 aliphatic rings. The highest BCUT2D eigenvalue weighted by atomic mass is 19.1. The van der Waals surface area contributed by atoms with Gasteiger partial charge in [-0.25, -0.2) is 4.39 Å². The zero-order valence-corrected chi connectivity index (χ0v) is 8.50. The molecule has 0 aliphatic heterocycles. The maximum absolute atomic E-state index is 12.9. The molecule has 0 spiro atoms. The van der Waals surface area contributed by atoms with E-state index in [4.69, 9.17) is 5.73 Å². The van der Waals surface area contributed by atoms with E-state index in [1.54, 1.807) is 6.07 Å². The molecular weight excluding hydrogens is 189 g/mol. The van der Waals surface area contributed by atoms with E-state index in [0.29, 0.717) is 5.69 Å². The molecule has 0 radical (unpaired) electrons. The third-order valence-electron chi connectivity index (χ3n) is 2.34. The molecule has 0 bridgehead atoms. The summed E-state index contributed by atoms with van der Waals surface area (Å²) in [4.78, 5) is 0. The van der Waals surface area contributed by atoms with Crippen LogP contribution < -0.4 is 5.73 Å². The van der Waals surface area contributed by atoms with Crippen LogP contribution in [0.25, 0.3) is 11.1 Å². The Morgan fingerprint density at radius 1 is 1.07 bits per heavy atom. The third kappa shape index (κ3) is 1.99. The topological polar surface area (TPSA) is 26.0 Å². The maximum atomic E-state index is 12.9. The molecular formula is C13H12FN. The monoisotopic (exact) mass is 201 g/mol. The first-order valence-electron chi connectivity index (χ1n) is 4.79. The second-order valence-electron chi connectivity index (χ2n) is 3.60. The van der Waals surface area contributed by atoms with Crippen LogP contribution in [0.1, 0.15) is 5.56 Å². The number of benzene rings is 2. The van der Waals surface area contributed by atoms with Gasteiger partial charge in [0.25, 0.3) is 0 Å². The Morgan fingerprint density at radius 2 is 1.87 bits per heavy atom. The second kappa shape index (κ2) is 3.73. The molecule has 15 heavy (non-hydrogen) atoms. The second-order valence-corrected chi connectivity index (χ2v) is 3.60. The molecule has 0 unspecified atom stereocenters. The van der Waals surface area contributed by atoms with E-state index >= 15 is 0 Å². The number of hydrogen-bond donors (Lipinski definition) is 1. The van der Waals surface area contributed by atoms with Gasteiger partial charge in [-0.3, -0.25) is 0 Å². The first-order valence-corrected chi connectivity index (χ1v) is 4.79. The van der Waals surface area contributed by atoms with Crippen LogP contribution in [-0.2, 0) is 0 Å². The average Bonchev–Trinajstić information content (AvgIpc) is 2.17. The van der Waals surface area contributed by atoms with Crippen LogP contribution in [0.2, 0.25) is 0 Å². The summed E-state index contributed by atoms with van der Waals surface area (Å²) in [6, 6.07) is 12.5. The Balaban J connectivity index is 2.54. The molecule has 0 saturated heterocycles. The molecule has 0 atom stereocenters. The Kier molecular flexibility index (Phi) is 2.42. The van der Waals surface area contributed by atoms with Gasteiger partial charge in [0.2, 0.25) is 0 Å². The van der Waals surface area contributed by atoms with Gasteiger partial charge in [-0.1, -0.05) is 29.8 Å². The van der Waals surface area contributed by atoms with Crippen LogP contribution in [0, 0.1) is 12.7 Å². The van der Waals surface area contributed by atoms with Crippen molar-refractivity contribution in [2.24, 2.45) is 0 Å².